The van der Waals surface area contributed by atoms with Crippen LogP contribution in [-0.4, -0.2) is 31.0 Å². The molecule has 0 atom stereocenters. The fraction of sp³-hybridized carbons (Fsp3) is 0.231. The van der Waals surface area contributed by atoms with Crippen molar-refractivity contribution in [3.05, 3.63) is 27.4 Å². The number of halogens is 2. The predicted molar refractivity (Wildman–Crippen MR) is 76.2 cm³/mol. The highest BCUT2D eigenvalue weighted by Crippen LogP contribution is 2.40. The smallest absolute Gasteiger partial charge is 0.355 e. The number of nitrogens with one attached hydrogen (secondary N) is 1. The van der Waals surface area contributed by atoms with Crippen molar-refractivity contribution in [2.75, 3.05) is 13.7 Å². The second kappa shape index (κ2) is 5.73. The fourth-order valence-electron chi connectivity index (χ4n) is 1.98. The van der Waals surface area contributed by atoms with Crippen molar-refractivity contribution in [1.29, 1.82) is 0 Å². The van der Waals surface area contributed by atoms with E-state index in [1.807, 2.05) is 0 Å². The van der Waals surface area contributed by atoms with Gasteiger partial charge < -0.3 is 14.5 Å². The predicted octanol–water partition coefficient (Wildman–Crippen LogP) is 3.47. The molecule has 1 aromatic carbocycles. The van der Waals surface area contributed by atoms with Gasteiger partial charge in [-0.05, 0) is 13.0 Å². The summed E-state index contributed by atoms with van der Waals surface area (Å²) < 4.78 is 10.1. The number of hydrogen-bond acceptors (Lipinski definition) is 4. The van der Waals surface area contributed by atoms with Crippen LogP contribution in [-0.2, 0) is 4.74 Å². The van der Waals surface area contributed by atoms with Gasteiger partial charge in [-0.15, -0.1) is 0 Å². The Kier molecular flexibility index (Phi) is 4.20. The Balaban J connectivity index is 2.84. The van der Waals surface area contributed by atoms with Crippen LogP contribution in [0, 0.1) is 0 Å². The Morgan fingerprint density at radius 2 is 2.10 bits per heavy atom. The molecule has 0 spiro atoms. The summed E-state index contributed by atoms with van der Waals surface area (Å²) in [7, 11) is 1.42. The van der Waals surface area contributed by atoms with Crippen molar-refractivity contribution in [2.24, 2.45) is 0 Å². The Morgan fingerprint density at radius 3 is 2.65 bits per heavy atom. The van der Waals surface area contributed by atoms with E-state index >= 15 is 0 Å². The van der Waals surface area contributed by atoms with Crippen LogP contribution in [0.3, 0.4) is 0 Å². The zero-order valence-corrected chi connectivity index (χ0v) is 12.3. The lowest BCUT2D eigenvalue weighted by Gasteiger charge is -2.06. The summed E-state index contributed by atoms with van der Waals surface area (Å²) in [5, 5.41) is 0.898. The standard InChI is InChI=1S/C13H11Cl2NO4/c1-3-20-13(18)10-6(5-17)9-11(16-10)7(14)4-8(15)12(9)19-2/h4-5,16H,3H2,1-2H3. The summed E-state index contributed by atoms with van der Waals surface area (Å²) in [6.45, 7) is 1.86. The summed E-state index contributed by atoms with van der Waals surface area (Å²) in [6.07, 6.45) is 0.542. The number of esters is 1. The number of fused-ring (bicyclic) bond motifs is 1. The van der Waals surface area contributed by atoms with Gasteiger partial charge in [-0.1, -0.05) is 23.2 Å². The highest BCUT2D eigenvalue weighted by Gasteiger charge is 2.24. The van der Waals surface area contributed by atoms with Crippen LogP contribution >= 0.6 is 23.2 Å². The van der Waals surface area contributed by atoms with Gasteiger partial charge in [0, 0.05) is 0 Å². The number of methoxy groups -OCH3 is 1. The second-order valence-corrected chi connectivity index (χ2v) is 4.69. The van der Waals surface area contributed by atoms with Gasteiger partial charge in [0.15, 0.2) is 6.29 Å². The minimum Gasteiger partial charge on any atom is -0.494 e. The van der Waals surface area contributed by atoms with Crippen LogP contribution in [0.15, 0.2) is 6.07 Å². The average molecular weight is 316 g/mol. The summed E-state index contributed by atoms with van der Waals surface area (Å²) in [6, 6.07) is 1.48. The molecule has 0 bridgehead atoms. The molecule has 1 aromatic heterocycles. The number of H-pyrrole nitrogens is 1. The maximum absolute atomic E-state index is 11.9. The number of benzene rings is 1. The van der Waals surface area contributed by atoms with Crippen LogP contribution < -0.4 is 4.74 Å². The molecule has 0 fully saturated rings. The Labute approximate surface area is 124 Å². The van der Waals surface area contributed by atoms with Crippen LogP contribution in [0.4, 0.5) is 0 Å². The van der Waals surface area contributed by atoms with E-state index in [0.29, 0.717) is 17.2 Å². The maximum Gasteiger partial charge on any atom is 0.355 e. The number of aromatic amines is 1. The minimum atomic E-state index is -0.639. The highest BCUT2D eigenvalue weighted by molar-refractivity contribution is 6.40. The van der Waals surface area contributed by atoms with Crippen molar-refractivity contribution < 1.29 is 19.1 Å². The van der Waals surface area contributed by atoms with Gasteiger partial charge in [-0.25, -0.2) is 4.79 Å². The van der Waals surface area contributed by atoms with Crippen molar-refractivity contribution in [3.8, 4) is 5.75 Å². The van der Waals surface area contributed by atoms with E-state index in [1.54, 1.807) is 6.92 Å². The lowest BCUT2D eigenvalue weighted by atomic mass is 10.1. The fourth-order valence-corrected chi connectivity index (χ4v) is 2.57. The molecule has 0 aliphatic heterocycles. The number of carbonyl (C=O) groups is 2. The van der Waals surface area contributed by atoms with E-state index < -0.39 is 5.97 Å². The monoisotopic (exact) mass is 315 g/mol. The van der Waals surface area contributed by atoms with E-state index in [4.69, 9.17) is 32.7 Å². The first-order chi connectivity index (χ1) is 9.54. The van der Waals surface area contributed by atoms with E-state index in [1.165, 1.54) is 13.2 Å². The van der Waals surface area contributed by atoms with E-state index in [-0.39, 0.29) is 33.7 Å². The van der Waals surface area contributed by atoms with E-state index in [2.05, 4.69) is 4.98 Å². The molecule has 0 aliphatic rings. The van der Waals surface area contributed by atoms with Crippen LogP contribution in [0.2, 0.25) is 10.0 Å². The molecular formula is C13H11Cl2NO4. The summed E-state index contributed by atoms with van der Waals surface area (Å²) in [4.78, 5) is 26.0. The average Bonchev–Trinajstić information content (AvgIpc) is 2.79. The first-order valence-electron chi connectivity index (χ1n) is 5.75. The van der Waals surface area contributed by atoms with E-state index in [0.717, 1.165) is 0 Å². The first-order valence-corrected chi connectivity index (χ1v) is 6.50. The Bertz CT molecular complexity index is 693. The van der Waals surface area contributed by atoms with Crippen LogP contribution in [0.1, 0.15) is 27.8 Å². The topological polar surface area (TPSA) is 68.4 Å². The molecule has 0 unspecified atom stereocenters. The third-order valence-corrected chi connectivity index (χ3v) is 3.36. The maximum atomic E-state index is 11.9. The third-order valence-electron chi connectivity index (χ3n) is 2.78. The number of carbonyl (C=O) groups excluding carboxylic acids is 2. The molecule has 7 heteroatoms. The molecule has 0 radical (unpaired) electrons. The van der Waals surface area contributed by atoms with Gasteiger partial charge in [0.05, 0.1) is 40.2 Å². The van der Waals surface area contributed by atoms with E-state index in [9.17, 15) is 9.59 Å². The van der Waals surface area contributed by atoms with Gasteiger partial charge in [0.1, 0.15) is 11.4 Å². The van der Waals surface area contributed by atoms with Crippen molar-refractivity contribution >= 4 is 46.4 Å². The minimum absolute atomic E-state index is 0.0271. The second-order valence-electron chi connectivity index (χ2n) is 3.88. The molecule has 0 aliphatic carbocycles. The molecule has 1 heterocycles. The number of aldehydes is 1. The normalized spacial score (nSPS) is 10.6. The molecule has 1 N–H and O–H groups in total. The van der Waals surface area contributed by atoms with Gasteiger partial charge in [0.2, 0.25) is 0 Å². The number of ether oxygens (including phenoxy) is 2. The number of rotatable bonds is 4. The largest absolute Gasteiger partial charge is 0.494 e. The molecular weight excluding hydrogens is 305 g/mol. The van der Waals surface area contributed by atoms with Gasteiger partial charge in [-0.2, -0.15) is 0 Å². The van der Waals surface area contributed by atoms with Gasteiger partial charge in [0.25, 0.3) is 0 Å². The first kappa shape index (κ1) is 14.7. The third kappa shape index (κ3) is 2.23. The quantitative estimate of drug-likeness (QED) is 0.693. The summed E-state index contributed by atoms with van der Waals surface area (Å²) in [5.74, 6) is -0.361. The molecule has 0 saturated carbocycles. The molecule has 2 aromatic rings. The zero-order chi connectivity index (χ0) is 14.9. The van der Waals surface area contributed by atoms with Crippen molar-refractivity contribution in [1.82, 2.24) is 4.98 Å². The highest BCUT2D eigenvalue weighted by atomic mass is 35.5. The van der Waals surface area contributed by atoms with Gasteiger partial charge in [-0.3, -0.25) is 4.79 Å². The van der Waals surface area contributed by atoms with Crippen LogP contribution in [0.5, 0.6) is 5.75 Å². The lowest BCUT2D eigenvalue weighted by molar-refractivity contribution is 0.0518. The molecule has 0 amide bonds. The Hall–Kier alpha value is -1.72. The van der Waals surface area contributed by atoms with Gasteiger partial charge >= 0.3 is 5.97 Å². The molecule has 106 valence electrons. The number of aromatic nitrogens is 1. The van der Waals surface area contributed by atoms with Crippen molar-refractivity contribution in [2.45, 2.75) is 6.92 Å². The molecule has 5 nitrogen and oxygen atoms in total. The number of hydrogen-bond donors (Lipinski definition) is 1. The Morgan fingerprint density at radius 1 is 1.40 bits per heavy atom. The molecule has 20 heavy (non-hydrogen) atoms. The molecule has 2 rings (SSSR count). The summed E-state index contributed by atoms with van der Waals surface area (Å²) in [5.41, 5.74) is 0.539. The van der Waals surface area contributed by atoms with Crippen molar-refractivity contribution in [3.63, 3.8) is 0 Å². The zero-order valence-electron chi connectivity index (χ0n) is 10.8. The lowest BCUT2D eigenvalue weighted by Crippen LogP contribution is -2.07. The SMILES string of the molecule is CCOC(=O)c1[nH]c2c(Cl)cc(Cl)c(OC)c2c1C=O. The summed E-state index contributed by atoms with van der Waals surface area (Å²) >= 11 is 12.1. The molecule has 0 saturated heterocycles. The van der Waals surface area contributed by atoms with Crippen LogP contribution in [0.25, 0.3) is 10.9 Å².